The van der Waals surface area contributed by atoms with E-state index >= 15 is 0 Å². The predicted molar refractivity (Wildman–Crippen MR) is 102 cm³/mol. The molecule has 0 fully saturated rings. The number of aromatic nitrogens is 4. The lowest BCUT2D eigenvalue weighted by Crippen LogP contribution is -2.03. The van der Waals surface area contributed by atoms with Crippen LogP contribution in [-0.2, 0) is 13.2 Å². The summed E-state index contributed by atoms with van der Waals surface area (Å²) < 4.78 is 7.34. The zero-order valence-electron chi connectivity index (χ0n) is 15.3. The number of hydrogen-bond acceptors (Lipinski definition) is 5. The molecule has 0 aliphatic carbocycles. The second-order valence-electron chi connectivity index (χ2n) is 6.59. The molecule has 4 aromatic rings. The molecule has 27 heavy (non-hydrogen) atoms. The molecule has 6 heteroatoms. The van der Waals surface area contributed by atoms with Gasteiger partial charge in [0, 0.05) is 11.3 Å². The van der Waals surface area contributed by atoms with Gasteiger partial charge in [0.2, 0.25) is 5.82 Å². The molecule has 0 amide bonds. The molecule has 2 aromatic carbocycles. The first kappa shape index (κ1) is 17.2. The molecule has 4 rings (SSSR count). The fourth-order valence-electron chi connectivity index (χ4n) is 2.85. The maximum atomic E-state index is 9.14. The Kier molecular flexibility index (Phi) is 4.56. The summed E-state index contributed by atoms with van der Waals surface area (Å²) in [6.07, 6.45) is 0. The Bertz CT molecular complexity index is 1050. The van der Waals surface area contributed by atoms with Crippen LogP contribution < -0.4 is 0 Å². The highest BCUT2D eigenvalue weighted by Crippen LogP contribution is 2.23. The molecule has 0 saturated heterocycles. The quantitative estimate of drug-likeness (QED) is 0.586. The summed E-state index contributed by atoms with van der Waals surface area (Å²) in [4.78, 5) is 4.46. The van der Waals surface area contributed by atoms with Gasteiger partial charge in [0.05, 0.1) is 13.2 Å². The predicted octanol–water partition coefficient (Wildman–Crippen LogP) is 3.76. The summed E-state index contributed by atoms with van der Waals surface area (Å²) in [6.45, 7) is 4.78. The smallest absolute Gasteiger partial charge is 0.278 e. The first-order valence-electron chi connectivity index (χ1n) is 8.76. The summed E-state index contributed by atoms with van der Waals surface area (Å²) in [7, 11) is 0. The molecule has 0 radical (unpaired) electrons. The average molecular weight is 360 g/mol. The van der Waals surface area contributed by atoms with E-state index in [2.05, 4.69) is 46.4 Å². The van der Waals surface area contributed by atoms with E-state index < -0.39 is 0 Å². The molecular weight excluding hydrogens is 340 g/mol. The first-order chi connectivity index (χ1) is 13.1. The van der Waals surface area contributed by atoms with Crippen molar-refractivity contribution in [2.75, 3.05) is 0 Å². The van der Waals surface area contributed by atoms with Gasteiger partial charge in [-0.2, -0.15) is 10.1 Å². The second-order valence-corrected chi connectivity index (χ2v) is 6.59. The number of benzene rings is 2. The molecule has 0 aliphatic rings. The van der Waals surface area contributed by atoms with Crippen molar-refractivity contribution < 1.29 is 9.63 Å². The lowest BCUT2D eigenvalue weighted by molar-refractivity contribution is 0.282. The molecule has 0 spiro atoms. The lowest BCUT2D eigenvalue weighted by atomic mass is 10.1. The van der Waals surface area contributed by atoms with Crippen LogP contribution in [0.4, 0.5) is 0 Å². The Labute approximate surface area is 157 Å². The Morgan fingerprint density at radius 1 is 0.963 bits per heavy atom. The normalized spacial score (nSPS) is 11.1. The van der Waals surface area contributed by atoms with Crippen molar-refractivity contribution in [1.82, 2.24) is 19.9 Å². The van der Waals surface area contributed by atoms with Gasteiger partial charge >= 0.3 is 0 Å². The zero-order valence-corrected chi connectivity index (χ0v) is 15.3. The Morgan fingerprint density at radius 3 is 2.37 bits per heavy atom. The van der Waals surface area contributed by atoms with Crippen LogP contribution in [0.3, 0.4) is 0 Å². The fraction of sp³-hybridized carbons (Fsp3) is 0.190. The van der Waals surface area contributed by atoms with Gasteiger partial charge in [-0.15, -0.1) is 0 Å². The van der Waals surface area contributed by atoms with Crippen molar-refractivity contribution in [2.45, 2.75) is 27.0 Å². The van der Waals surface area contributed by atoms with Crippen LogP contribution >= 0.6 is 0 Å². The standard InChI is InChI=1S/C21H20N4O2/c1-14-3-5-16(6-4-14)12-25-15(2)11-19(23-25)21-22-20(24-27-21)18-9-7-17(13-26)8-10-18/h3-11,26H,12-13H2,1-2H3. The molecule has 0 saturated carbocycles. The van der Waals surface area contributed by atoms with Crippen LogP contribution in [0.25, 0.3) is 23.0 Å². The number of rotatable bonds is 5. The summed E-state index contributed by atoms with van der Waals surface area (Å²) in [6, 6.07) is 17.8. The monoisotopic (exact) mass is 360 g/mol. The second kappa shape index (κ2) is 7.17. The van der Waals surface area contributed by atoms with Gasteiger partial charge in [0.1, 0.15) is 0 Å². The van der Waals surface area contributed by atoms with Crippen molar-refractivity contribution >= 4 is 0 Å². The van der Waals surface area contributed by atoms with Gasteiger partial charge < -0.3 is 9.63 Å². The third-order valence-corrected chi connectivity index (χ3v) is 4.47. The SMILES string of the molecule is Cc1ccc(Cn2nc(-c3nc(-c4ccc(CO)cc4)no3)cc2C)cc1. The van der Waals surface area contributed by atoms with Crippen LogP contribution in [0.5, 0.6) is 0 Å². The van der Waals surface area contributed by atoms with E-state index in [1.54, 1.807) is 0 Å². The molecule has 0 bridgehead atoms. The molecule has 2 aromatic heterocycles. The number of aliphatic hydroxyl groups is 1. The summed E-state index contributed by atoms with van der Waals surface area (Å²) in [5.41, 5.74) is 5.78. The van der Waals surface area contributed by atoms with E-state index in [9.17, 15) is 0 Å². The minimum atomic E-state index is 0.00939. The Hall–Kier alpha value is -3.25. The maximum absolute atomic E-state index is 9.14. The molecule has 136 valence electrons. The Balaban J connectivity index is 1.57. The molecule has 0 aliphatic heterocycles. The van der Waals surface area contributed by atoms with Gasteiger partial charge in [-0.25, -0.2) is 0 Å². The van der Waals surface area contributed by atoms with Gasteiger partial charge in [-0.05, 0) is 31.0 Å². The van der Waals surface area contributed by atoms with Crippen LogP contribution in [0, 0.1) is 13.8 Å². The van der Waals surface area contributed by atoms with E-state index in [-0.39, 0.29) is 6.61 Å². The molecule has 1 N–H and O–H groups in total. The van der Waals surface area contributed by atoms with Gasteiger partial charge in [0.15, 0.2) is 5.69 Å². The van der Waals surface area contributed by atoms with E-state index in [0.29, 0.717) is 24.0 Å². The highest BCUT2D eigenvalue weighted by molar-refractivity contribution is 5.58. The topological polar surface area (TPSA) is 77.0 Å². The lowest BCUT2D eigenvalue weighted by Gasteiger charge is -2.04. The molecule has 0 unspecified atom stereocenters. The van der Waals surface area contributed by atoms with Crippen molar-refractivity contribution in [3.05, 3.63) is 77.0 Å². The minimum Gasteiger partial charge on any atom is -0.392 e. The maximum Gasteiger partial charge on any atom is 0.278 e. The number of aliphatic hydroxyl groups excluding tert-OH is 1. The Morgan fingerprint density at radius 2 is 1.67 bits per heavy atom. The number of aryl methyl sites for hydroxylation is 2. The number of nitrogens with zero attached hydrogens (tertiary/aromatic N) is 4. The van der Waals surface area contributed by atoms with E-state index in [1.807, 2.05) is 41.9 Å². The summed E-state index contributed by atoms with van der Waals surface area (Å²) >= 11 is 0. The van der Waals surface area contributed by atoms with Crippen LogP contribution in [-0.4, -0.2) is 25.0 Å². The third-order valence-electron chi connectivity index (χ3n) is 4.47. The van der Waals surface area contributed by atoms with Crippen molar-refractivity contribution in [2.24, 2.45) is 0 Å². The highest BCUT2D eigenvalue weighted by Gasteiger charge is 2.15. The number of hydrogen-bond donors (Lipinski definition) is 1. The van der Waals surface area contributed by atoms with Gasteiger partial charge in [-0.1, -0.05) is 59.3 Å². The van der Waals surface area contributed by atoms with E-state index in [1.165, 1.54) is 11.1 Å². The van der Waals surface area contributed by atoms with Gasteiger partial charge in [-0.3, -0.25) is 4.68 Å². The summed E-state index contributed by atoms with van der Waals surface area (Å²) in [5, 5.41) is 17.8. The van der Waals surface area contributed by atoms with Gasteiger partial charge in [0.25, 0.3) is 5.89 Å². The average Bonchev–Trinajstić information content (AvgIpc) is 3.31. The minimum absolute atomic E-state index is 0.00939. The van der Waals surface area contributed by atoms with E-state index in [0.717, 1.165) is 16.8 Å². The highest BCUT2D eigenvalue weighted by atomic mass is 16.5. The molecular formula is C21H20N4O2. The molecule has 6 nitrogen and oxygen atoms in total. The van der Waals surface area contributed by atoms with Crippen LogP contribution in [0.2, 0.25) is 0 Å². The zero-order chi connectivity index (χ0) is 18.8. The molecule has 2 heterocycles. The first-order valence-corrected chi connectivity index (χ1v) is 8.76. The fourth-order valence-corrected chi connectivity index (χ4v) is 2.85. The largest absolute Gasteiger partial charge is 0.392 e. The van der Waals surface area contributed by atoms with Crippen molar-refractivity contribution in [1.29, 1.82) is 0 Å². The van der Waals surface area contributed by atoms with Crippen LogP contribution in [0.1, 0.15) is 22.4 Å². The van der Waals surface area contributed by atoms with Crippen molar-refractivity contribution in [3.63, 3.8) is 0 Å². The van der Waals surface area contributed by atoms with Crippen LogP contribution in [0.15, 0.2) is 59.1 Å². The molecule has 0 atom stereocenters. The summed E-state index contributed by atoms with van der Waals surface area (Å²) in [5.74, 6) is 0.891. The van der Waals surface area contributed by atoms with E-state index in [4.69, 9.17) is 9.63 Å². The third kappa shape index (κ3) is 3.66. The van der Waals surface area contributed by atoms with Crippen molar-refractivity contribution in [3.8, 4) is 23.0 Å².